The van der Waals surface area contributed by atoms with Crippen LogP contribution in [0.1, 0.15) is 30.2 Å². The first-order valence-corrected chi connectivity index (χ1v) is 12.0. The van der Waals surface area contributed by atoms with Crippen LogP contribution in [0, 0.1) is 0 Å². The Morgan fingerprint density at radius 1 is 1.24 bits per heavy atom. The van der Waals surface area contributed by atoms with Crippen LogP contribution in [-0.2, 0) is 21.2 Å². The first kappa shape index (κ1) is 22.9. The van der Waals surface area contributed by atoms with Crippen molar-refractivity contribution < 1.29 is 17.6 Å². The summed E-state index contributed by atoms with van der Waals surface area (Å²) in [5, 5.41) is 11.3. The van der Waals surface area contributed by atoms with Gasteiger partial charge in [-0.1, -0.05) is 29.8 Å². The lowest BCUT2D eigenvalue weighted by Gasteiger charge is -2.11. The van der Waals surface area contributed by atoms with E-state index in [-0.39, 0.29) is 40.3 Å². The number of benzene rings is 2. The molecule has 2 aromatic carbocycles. The van der Waals surface area contributed by atoms with E-state index in [1.165, 1.54) is 23.4 Å². The zero-order valence-electron chi connectivity index (χ0n) is 18.0. The number of rotatable bonds is 8. The lowest BCUT2D eigenvalue weighted by atomic mass is 10.1. The van der Waals surface area contributed by atoms with E-state index in [4.69, 9.17) is 16.0 Å². The smallest absolute Gasteiger partial charge is 0.284 e. The van der Waals surface area contributed by atoms with Crippen LogP contribution in [0.4, 0.5) is 5.69 Å². The number of carbonyl (C=O) groups excluding carboxylic acids is 1. The highest BCUT2D eigenvalue weighted by molar-refractivity contribution is 7.90. The minimum atomic E-state index is -4.13. The Labute approximate surface area is 196 Å². The van der Waals surface area contributed by atoms with Crippen molar-refractivity contribution in [1.29, 1.82) is 0 Å². The largest absolute Gasteiger partial charge is 0.420 e. The average molecular weight is 488 g/mol. The number of anilines is 1. The maximum atomic E-state index is 13.0. The van der Waals surface area contributed by atoms with E-state index >= 15 is 0 Å². The van der Waals surface area contributed by atoms with Crippen LogP contribution in [0.3, 0.4) is 0 Å². The quantitative estimate of drug-likeness (QED) is 0.380. The molecule has 0 spiro atoms. The molecular weight excluding hydrogens is 466 g/mol. The summed E-state index contributed by atoms with van der Waals surface area (Å²) in [6.07, 6.45) is 3.16. The number of nitrogens with one attached hydrogen (secondary N) is 1. The van der Waals surface area contributed by atoms with Gasteiger partial charge < -0.3 is 14.6 Å². The van der Waals surface area contributed by atoms with Crippen LogP contribution in [0.5, 0.6) is 0 Å². The SMILES string of the molecule is CN(C)C=NS(=O)(=O)c1cc(NC(=O)Cc2ccccc2Cl)ccc1-c1nnc(C2CC2)o1. The van der Waals surface area contributed by atoms with Gasteiger partial charge in [-0.3, -0.25) is 4.79 Å². The summed E-state index contributed by atoms with van der Waals surface area (Å²) in [7, 11) is -0.810. The first-order valence-electron chi connectivity index (χ1n) is 10.2. The Balaban J connectivity index is 1.66. The number of aromatic nitrogens is 2. The molecule has 0 unspecified atom stereocenters. The molecule has 172 valence electrons. The minimum Gasteiger partial charge on any atom is -0.420 e. The van der Waals surface area contributed by atoms with Crippen molar-refractivity contribution in [3.05, 3.63) is 58.9 Å². The van der Waals surface area contributed by atoms with Crippen molar-refractivity contribution >= 4 is 39.6 Å². The van der Waals surface area contributed by atoms with Crippen LogP contribution in [-0.4, -0.2) is 49.9 Å². The van der Waals surface area contributed by atoms with Crippen molar-refractivity contribution in [2.75, 3.05) is 19.4 Å². The highest BCUT2D eigenvalue weighted by Gasteiger charge is 2.31. The van der Waals surface area contributed by atoms with Gasteiger partial charge >= 0.3 is 0 Å². The molecule has 1 amide bonds. The third-order valence-electron chi connectivity index (χ3n) is 4.87. The van der Waals surface area contributed by atoms with Crippen molar-refractivity contribution in [1.82, 2.24) is 15.1 Å². The van der Waals surface area contributed by atoms with Gasteiger partial charge in [0.25, 0.3) is 10.0 Å². The van der Waals surface area contributed by atoms with E-state index in [1.54, 1.807) is 44.4 Å². The lowest BCUT2D eigenvalue weighted by molar-refractivity contribution is -0.115. The minimum absolute atomic E-state index is 0.0384. The molecule has 1 aliphatic rings. The number of nitrogens with zero attached hydrogens (tertiary/aromatic N) is 4. The van der Waals surface area contributed by atoms with Gasteiger partial charge in [-0.2, -0.15) is 8.42 Å². The molecule has 1 aliphatic carbocycles. The van der Waals surface area contributed by atoms with Gasteiger partial charge in [-0.15, -0.1) is 14.6 Å². The fraction of sp³-hybridized carbons (Fsp3) is 0.273. The highest BCUT2D eigenvalue weighted by atomic mass is 35.5. The molecule has 0 atom stereocenters. The normalized spacial score (nSPS) is 13.9. The molecule has 0 radical (unpaired) electrons. The molecule has 4 rings (SSSR count). The molecule has 1 fully saturated rings. The predicted octanol–water partition coefficient (Wildman–Crippen LogP) is 3.73. The number of hydrogen-bond acceptors (Lipinski definition) is 6. The Morgan fingerprint density at radius 3 is 2.70 bits per heavy atom. The van der Waals surface area contributed by atoms with Gasteiger partial charge in [0.05, 0.1) is 12.0 Å². The van der Waals surface area contributed by atoms with Crippen LogP contribution in [0.2, 0.25) is 5.02 Å². The fourth-order valence-corrected chi connectivity index (χ4v) is 4.40. The second-order valence-electron chi connectivity index (χ2n) is 7.91. The second kappa shape index (κ2) is 9.32. The number of amides is 1. The predicted molar refractivity (Wildman–Crippen MR) is 125 cm³/mol. The standard InChI is InChI=1S/C22H22ClN5O4S/c1-28(2)13-24-33(30,31)19-12-16(25-20(29)11-15-5-3-4-6-18(15)23)9-10-17(19)22-27-26-21(32-22)14-7-8-14/h3-6,9-10,12-14H,7-8,11H2,1-2H3,(H,25,29). The molecule has 0 aliphatic heterocycles. The van der Waals surface area contributed by atoms with Crippen molar-refractivity contribution in [2.24, 2.45) is 4.40 Å². The molecule has 0 saturated heterocycles. The molecule has 1 aromatic heterocycles. The topological polar surface area (TPSA) is 118 Å². The zero-order valence-corrected chi connectivity index (χ0v) is 19.6. The number of sulfonamides is 1. The zero-order chi connectivity index (χ0) is 23.6. The monoisotopic (exact) mass is 487 g/mol. The maximum Gasteiger partial charge on any atom is 0.284 e. The molecule has 1 heterocycles. The second-order valence-corrected chi connectivity index (χ2v) is 9.91. The molecule has 3 aromatic rings. The third-order valence-corrected chi connectivity index (χ3v) is 6.50. The Bertz CT molecular complexity index is 1320. The number of halogens is 1. The molecular formula is C22H22ClN5O4S. The third kappa shape index (κ3) is 5.58. The van der Waals surface area contributed by atoms with E-state index in [9.17, 15) is 13.2 Å². The van der Waals surface area contributed by atoms with Crippen LogP contribution >= 0.6 is 11.6 Å². The summed E-state index contributed by atoms with van der Waals surface area (Å²) >= 11 is 6.13. The Kier molecular flexibility index (Phi) is 6.48. The summed E-state index contributed by atoms with van der Waals surface area (Å²) in [4.78, 5) is 13.9. The molecule has 33 heavy (non-hydrogen) atoms. The van der Waals surface area contributed by atoms with Gasteiger partial charge in [0, 0.05) is 30.7 Å². The highest BCUT2D eigenvalue weighted by Crippen LogP contribution is 2.40. The van der Waals surface area contributed by atoms with E-state index < -0.39 is 10.0 Å². The number of carbonyl (C=O) groups is 1. The summed E-state index contributed by atoms with van der Waals surface area (Å²) in [5.74, 6) is 0.456. The summed E-state index contributed by atoms with van der Waals surface area (Å²) in [6.45, 7) is 0. The van der Waals surface area contributed by atoms with Crippen molar-refractivity contribution in [3.63, 3.8) is 0 Å². The van der Waals surface area contributed by atoms with Crippen molar-refractivity contribution in [2.45, 2.75) is 30.1 Å². The fourth-order valence-electron chi connectivity index (χ4n) is 3.06. The average Bonchev–Trinajstić information content (AvgIpc) is 3.51. The Morgan fingerprint density at radius 2 is 2.00 bits per heavy atom. The van der Waals surface area contributed by atoms with Gasteiger partial charge in [-0.25, -0.2) is 0 Å². The van der Waals surface area contributed by atoms with Gasteiger partial charge in [-0.05, 0) is 42.7 Å². The maximum absolute atomic E-state index is 13.0. The van der Waals surface area contributed by atoms with Crippen molar-refractivity contribution in [3.8, 4) is 11.5 Å². The lowest BCUT2D eigenvalue weighted by Crippen LogP contribution is -2.15. The van der Waals surface area contributed by atoms with E-state index in [0.29, 0.717) is 16.5 Å². The summed E-state index contributed by atoms with van der Waals surface area (Å²) in [5.41, 5.74) is 1.17. The van der Waals surface area contributed by atoms with Gasteiger partial charge in [0.2, 0.25) is 17.7 Å². The van der Waals surface area contributed by atoms with Crippen LogP contribution in [0.15, 0.2) is 56.2 Å². The Hall–Kier alpha value is -3.24. The first-order chi connectivity index (χ1) is 15.7. The van der Waals surface area contributed by atoms with E-state index in [1.807, 2.05) is 0 Å². The summed E-state index contributed by atoms with van der Waals surface area (Å²) < 4.78 is 35.5. The molecule has 1 saturated carbocycles. The summed E-state index contributed by atoms with van der Waals surface area (Å²) in [6, 6.07) is 11.5. The van der Waals surface area contributed by atoms with Gasteiger partial charge in [0.15, 0.2) is 0 Å². The van der Waals surface area contributed by atoms with Crippen LogP contribution in [0.25, 0.3) is 11.5 Å². The molecule has 11 heteroatoms. The molecule has 0 bridgehead atoms. The van der Waals surface area contributed by atoms with Crippen LogP contribution < -0.4 is 5.32 Å². The molecule has 1 N–H and O–H groups in total. The molecule has 9 nitrogen and oxygen atoms in total. The van der Waals surface area contributed by atoms with E-state index in [0.717, 1.165) is 12.8 Å². The number of hydrogen-bond donors (Lipinski definition) is 1. The van der Waals surface area contributed by atoms with E-state index in [2.05, 4.69) is 19.9 Å². The van der Waals surface area contributed by atoms with Gasteiger partial charge in [0.1, 0.15) is 11.2 Å².